The van der Waals surface area contributed by atoms with Gasteiger partial charge in [0.15, 0.2) is 0 Å². The van der Waals surface area contributed by atoms with Gasteiger partial charge in [0.05, 0.1) is 13.7 Å². The molecule has 0 aromatic carbocycles. The maximum Gasteiger partial charge on any atom is 0.354 e. The highest BCUT2D eigenvalue weighted by Gasteiger charge is 2.10. The van der Waals surface area contributed by atoms with E-state index in [1.54, 1.807) is 36.0 Å². The number of hydrogen-bond acceptors (Lipinski definition) is 3. The minimum absolute atomic E-state index is 0.0115. The van der Waals surface area contributed by atoms with Crippen LogP contribution in [0.5, 0.6) is 0 Å². The highest BCUT2D eigenvalue weighted by molar-refractivity contribution is 5.88. The van der Waals surface area contributed by atoms with Crippen molar-refractivity contribution in [1.82, 2.24) is 4.57 Å². The molecular weight excluding hydrogens is 182 g/mol. The molecular formula is C10H13NO3. The molecule has 0 fully saturated rings. The number of nitrogens with zero attached hydrogens (tertiary/aromatic N) is 1. The van der Waals surface area contributed by atoms with Crippen molar-refractivity contribution in [2.24, 2.45) is 7.05 Å². The largest absolute Gasteiger partial charge is 0.464 e. The molecule has 1 N–H and O–H groups in total. The average Bonchev–Trinajstić information content (AvgIpc) is 2.55. The molecule has 0 atom stereocenters. The molecule has 0 saturated carbocycles. The SMILES string of the molecule is COC(=O)c1cc(/C=C/CO)cn1C. The second-order valence-corrected chi connectivity index (χ2v) is 2.85. The van der Waals surface area contributed by atoms with Gasteiger partial charge in [0, 0.05) is 13.2 Å². The van der Waals surface area contributed by atoms with Crippen LogP contribution in [0.25, 0.3) is 6.08 Å². The standard InChI is InChI=1S/C10H13NO3/c1-11-7-8(4-3-5-12)6-9(11)10(13)14-2/h3-4,6-7,12H,5H2,1-2H3/b4-3+. The summed E-state index contributed by atoms with van der Waals surface area (Å²) in [5.41, 5.74) is 1.35. The average molecular weight is 195 g/mol. The molecule has 0 amide bonds. The van der Waals surface area contributed by atoms with Gasteiger partial charge >= 0.3 is 5.97 Å². The zero-order chi connectivity index (χ0) is 10.6. The van der Waals surface area contributed by atoms with E-state index in [9.17, 15) is 4.79 Å². The van der Waals surface area contributed by atoms with E-state index in [0.29, 0.717) is 5.69 Å². The molecule has 0 aliphatic rings. The number of rotatable bonds is 3. The van der Waals surface area contributed by atoms with Crippen LogP contribution >= 0.6 is 0 Å². The Labute approximate surface area is 82.4 Å². The van der Waals surface area contributed by atoms with Crippen LogP contribution < -0.4 is 0 Å². The lowest BCUT2D eigenvalue weighted by Crippen LogP contribution is -2.06. The molecule has 14 heavy (non-hydrogen) atoms. The first-order valence-electron chi connectivity index (χ1n) is 4.21. The summed E-state index contributed by atoms with van der Waals surface area (Å²) in [7, 11) is 3.11. The molecule has 0 bridgehead atoms. The van der Waals surface area contributed by atoms with Crippen LogP contribution in [-0.4, -0.2) is 29.4 Å². The van der Waals surface area contributed by atoms with E-state index in [0.717, 1.165) is 5.56 Å². The van der Waals surface area contributed by atoms with Crippen molar-refractivity contribution < 1.29 is 14.6 Å². The maximum absolute atomic E-state index is 11.2. The van der Waals surface area contributed by atoms with Crippen LogP contribution in [0.4, 0.5) is 0 Å². The first-order chi connectivity index (χ1) is 6.69. The monoisotopic (exact) mass is 195 g/mol. The van der Waals surface area contributed by atoms with Crippen molar-refractivity contribution in [1.29, 1.82) is 0 Å². The number of methoxy groups -OCH3 is 1. The van der Waals surface area contributed by atoms with E-state index in [2.05, 4.69) is 4.74 Å². The zero-order valence-electron chi connectivity index (χ0n) is 8.23. The normalized spacial score (nSPS) is 10.8. The van der Waals surface area contributed by atoms with Gasteiger partial charge in [-0.05, 0) is 11.6 Å². The Kier molecular flexibility index (Phi) is 3.48. The second kappa shape index (κ2) is 4.62. The molecule has 4 heteroatoms. The molecule has 0 aliphatic heterocycles. The van der Waals surface area contributed by atoms with Crippen molar-refractivity contribution in [3.63, 3.8) is 0 Å². The topological polar surface area (TPSA) is 51.5 Å². The molecule has 0 unspecified atom stereocenters. The molecule has 1 aromatic rings. The summed E-state index contributed by atoms with van der Waals surface area (Å²) < 4.78 is 6.29. The molecule has 1 aromatic heterocycles. The minimum Gasteiger partial charge on any atom is -0.464 e. The third-order valence-electron chi connectivity index (χ3n) is 1.84. The van der Waals surface area contributed by atoms with Gasteiger partial charge < -0.3 is 14.4 Å². The summed E-state index contributed by atoms with van der Waals surface area (Å²) in [4.78, 5) is 11.2. The zero-order valence-corrected chi connectivity index (χ0v) is 8.23. The Bertz CT molecular complexity index is 352. The van der Waals surface area contributed by atoms with Crippen LogP contribution in [-0.2, 0) is 11.8 Å². The maximum atomic E-state index is 11.2. The van der Waals surface area contributed by atoms with Gasteiger partial charge in [-0.1, -0.05) is 12.2 Å². The fraction of sp³-hybridized carbons (Fsp3) is 0.300. The van der Waals surface area contributed by atoms with E-state index in [-0.39, 0.29) is 12.6 Å². The number of aliphatic hydroxyl groups excluding tert-OH is 1. The Balaban J connectivity index is 2.93. The quantitative estimate of drug-likeness (QED) is 0.726. The lowest BCUT2D eigenvalue weighted by atomic mass is 10.3. The van der Waals surface area contributed by atoms with Crippen molar-refractivity contribution >= 4 is 12.0 Å². The third kappa shape index (κ3) is 2.23. The minimum atomic E-state index is -0.365. The molecule has 0 radical (unpaired) electrons. The molecule has 0 saturated heterocycles. The van der Waals surface area contributed by atoms with Crippen LogP contribution in [0.1, 0.15) is 16.1 Å². The Morgan fingerprint density at radius 1 is 1.71 bits per heavy atom. The van der Waals surface area contributed by atoms with Crippen molar-refractivity contribution in [2.45, 2.75) is 0 Å². The van der Waals surface area contributed by atoms with Crippen LogP contribution in [0, 0.1) is 0 Å². The van der Waals surface area contributed by atoms with E-state index in [1.807, 2.05) is 0 Å². The number of aliphatic hydroxyl groups is 1. The predicted octanol–water partition coefficient (Wildman–Crippen LogP) is 0.817. The number of aromatic nitrogens is 1. The van der Waals surface area contributed by atoms with E-state index in [4.69, 9.17) is 5.11 Å². The van der Waals surface area contributed by atoms with Crippen LogP contribution in [0.2, 0.25) is 0 Å². The van der Waals surface area contributed by atoms with Gasteiger partial charge in [0.2, 0.25) is 0 Å². The number of aryl methyl sites for hydroxylation is 1. The van der Waals surface area contributed by atoms with Gasteiger partial charge in [-0.25, -0.2) is 4.79 Å². The Morgan fingerprint density at radius 2 is 2.43 bits per heavy atom. The van der Waals surface area contributed by atoms with Gasteiger partial charge in [-0.15, -0.1) is 0 Å². The fourth-order valence-electron chi connectivity index (χ4n) is 1.18. The summed E-state index contributed by atoms with van der Waals surface area (Å²) in [5.74, 6) is -0.365. The molecule has 1 heterocycles. The molecule has 76 valence electrons. The van der Waals surface area contributed by atoms with Gasteiger partial charge in [-0.3, -0.25) is 0 Å². The first kappa shape index (κ1) is 10.5. The van der Waals surface area contributed by atoms with Crippen molar-refractivity contribution in [3.05, 3.63) is 29.6 Å². The second-order valence-electron chi connectivity index (χ2n) is 2.85. The molecule has 4 nitrogen and oxygen atoms in total. The number of hydrogen-bond donors (Lipinski definition) is 1. The van der Waals surface area contributed by atoms with Gasteiger partial charge in [0.1, 0.15) is 5.69 Å². The van der Waals surface area contributed by atoms with Crippen molar-refractivity contribution in [3.8, 4) is 0 Å². The summed E-state index contributed by atoms with van der Waals surface area (Å²) in [6.07, 6.45) is 5.14. The molecule has 0 aliphatic carbocycles. The van der Waals surface area contributed by atoms with Crippen LogP contribution in [0.3, 0.4) is 0 Å². The fourth-order valence-corrected chi connectivity index (χ4v) is 1.18. The Hall–Kier alpha value is -1.55. The lowest BCUT2D eigenvalue weighted by Gasteiger charge is -1.98. The van der Waals surface area contributed by atoms with Crippen molar-refractivity contribution in [2.75, 3.05) is 13.7 Å². The summed E-state index contributed by atoms with van der Waals surface area (Å²) in [6.45, 7) is -0.0115. The number of carbonyl (C=O) groups is 1. The predicted molar refractivity (Wildman–Crippen MR) is 52.9 cm³/mol. The number of ether oxygens (including phenoxy) is 1. The third-order valence-corrected chi connectivity index (χ3v) is 1.84. The highest BCUT2D eigenvalue weighted by atomic mass is 16.5. The van der Waals surface area contributed by atoms with E-state index < -0.39 is 0 Å². The smallest absolute Gasteiger partial charge is 0.354 e. The van der Waals surface area contributed by atoms with Gasteiger partial charge in [-0.2, -0.15) is 0 Å². The summed E-state index contributed by atoms with van der Waals surface area (Å²) in [5, 5.41) is 8.57. The molecule has 0 spiro atoms. The van der Waals surface area contributed by atoms with Gasteiger partial charge in [0.25, 0.3) is 0 Å². The lowest BCUT2D eigenvalue weighted by molar-refractivity contribution is 0.0590. The summed E-state index contributed by atoms with van der Waals surface area (Å²) in [6, 6.07) is 1.71. The number of carbonyl (C=O) groups excluding carboxylic acids is 1. The Morgan fingerprint density at radius 3 is 3.00 bits per heavy atom. The van der Waals surface area contributed by atoms with E-state index >= 15 is 0 Å². The molecule has 1 rings (SSSR count). The highest BCUT2D eigenvalue weighted by Crippen LogP contribution is 2.09. The van der Waals surface area contributed by atoms with Crippen LogP contribution in [0.15, 0.2) is 18.3 Å². The summed E-state index contributed by atoms with van der Waals surface area (Å²) >= 11 is 0. The first-order valence-corrected chi connectivity index (χ1v) is 4.21. The number of esters is 1. The van der Waals surface area contributed by atoms with E-state index in [1.165, 1.54) is 7.11 Å².